The third-order valence-corrected chi connectivity index (χ3v) is 2.98. The van der Waals surface area contributed by atoms with Crippen LogP contribution in [0.2, 0.25) is 0 Å². The second-order valence-electron chi connectivity index (χ2n) is 1.87. The molecule has 0 radical (unpaired) electrons. The first-order valence-electron chi connectivity index (χ1n) is 2.95. The summed E-state index contributed by atoms with van der Waals surface area (Å²) in [6.07, 6.45) is 0.936. The van der Waals surface area contributed by atoms with Gasteiger partial charge in [0.25, 0.3) is 0 Å². The Morgan fingerprint density at radius 1 is 1.78 bits per heavy atom. The van der Waals surface area contributed by atoms with E-state index in [0.29, 0.717) is 6.61 Å². The van der Waals surface area contributed by atoms with Gasteiger partial charge in [-0.2, -0.15) is 0 Å². The van der Waals surface area contributed by atoms with E-state index < -0.39 is 7.67 Å². The second kappa shape index (κ2) is 2.80. The molecule has 4 nitrogen and oxygen atoms in total. The predicted molar refractivity (Wildman–Crippen MR) is 35.2 cm³/mol. The molecule has 9 heavy (non-hydrogen) atoms. The van der Waals surface area contributed by atoms with Crippen molar-refractivity contribution in [1.29, 1.82) is 0 Å². The highest BCUT2D eigenvalue weighted by Gasteiger charge is 2.22. The van der Waals surface area contributed by atoms with Crippen LogP contribution in [0.4, 0.5) is 0 Å². The first-order valence-corrected chi connectivity index (χ1v) is 4.58. The lowest BCUT2D eigenvalue weighted by molar-refractivity contribution is 0.272. The maximum Gasteiger partial charge on any atom is 0.340 e. The van der Waals surface area contributed by atoms with Gasteiger partial charge in [0.15, 0.2) is 0 Å². The Balaban J connectivity index is 2.47. The molecule has 0 saturated carbocycles. The van der Waals surface area contributed by atoms with E-state index in [-0.39, 0.29) is 0 Å². The van der Waals surface area contributed by atoms with Crippen molar-refractivity contribution in [3.63, 3.8) is 0 Å². The molecule has 5 heteroatoms. The van der Waals surface area contributed by atoms with Gasteiger partial charge in [0.1, 0.15) is 0 Å². The van der Waals surface area contributed by atoms with Crippen LogP contribution < -0.4 is 10.2 Å². The van der Waals surface area contributed by atoms with Crippen LogP contribution in [0.1, 0.15) is 6.42 Å². The minimum Gasteiger partial charge on any atom is -0.306 e. The molecular weight excluding hydrogens is 139 g/mol. The van der Waals surface area contributed by atoms with Crippen LogP contribution in [0.15, 0.2) is 0 Å². The molecule has 0 aliphatic carbocycles. The molecule has 0 amide bonds. The van der Waals surface area contributed by atoms with Crippen molar-refractivity contribution >= 4 is 7.67 Å². The quantitative estimate of drug-likeness (QED) is 0.528. The smallest absolute Gasteiger partial charge is 0.306 e. The molecule has 2 N–H and O–H groups in total. The molecule has 1 saturated heterocycles. The molecule has 0 aromatic carbocycles. The Morgan fingerprint density at radius 3 is 2.89 bits per heavy atom. The van der Waals surface area contributed by atoms with Crippen LogP contribution in [0, 0.1) is 0 Å². The van der Waals surface area contributed by atoms with Gasteiger partial charge < -0.3 is 4.52 Å². The molecular formula is C4H11N2O2P. The highest BCUT2D eigenvalue weighted by Crippen LogP contribution is 2.38. The maximum atomic E-state index is 11.2. The molecule has 0 spiro atoms. The molecule has 0 aromatic heterocycles. The summed E-state index contributed by atoms with van der Waals surface area (Å²) in [6.45, 7) is 1.36. The van der Waals surface area contributed by atoms with Gasteiger partial charge in [0.2, 0.25) is 0 Å². The average molecular weight is 150 g/mol. The highest BCUT2D eigenvalue weighted by atomic mass is 31.2. The van der Waals surface area contributed by atoms with Gasteiger partial charge in [-0.05, 0) is 13.5 Å². The molecule has 0 aromatic rings. The summed E-state index contributed by atoms with van der Waals surface area (Å²) in [7, 11) is -0.970. The van der Waals surface area contributed by atoms with Crippen molar-refractivity contribution in [3.8, 4) is 0 Å². The van der Waals surface area contributed by atoms with Crippen LogP contribution in [0.5, 0.6) is 0 Å². The molecule has 1 fully saturated rings. The van der Waals surface area contributed by atoms with Crippen molar-refractivity contribution in [1.82, 2.24) is 10.2 Å². The zero-order chi connectivity index (χ0) is 6.74. The Hall–Kier alpha value is 0.110. The van der Waals surface area contributed by atoms with Gasteiger partial charge in [-0.15, -0.1) is 0 Å². The van der Waals surface area contributed by atoms with E-state index in [2.05, 4.69) is 10.2 Å². The predicted octanol–water partition coefficient (Wildman–Crippen LogP) is 0.324. The van der Waals surface area contributed by atoms with Crippen LogP contribution in [0.25, 0.3) is 0 Å². The molecule has 1 heterocycles. The van der Waals surface area contributed by atoms with Crippen molar-refractivity contribution in [3.05, 3.63) is 0 Å². The SMILES string of the molecule is CNP1(=O)NCCCO1. The van der Waals surface area contributed by atoms with Crippen LogP contribution in [0.3, 0.4) is 0 Å². The van der Waals surface area contributed by atoms with Gasteiger partial charge in [0, 0.05) is 6.54 Å². The van der Waals surface area contributed by atoms with Crippen molar-refractivity contribution in [2.45, 2.75) is 6.42 Å². The van der Waals surface area contributed by atoms with Gasteiger partial charge >= 0.3 is 7.67 Å². The lowest BCUT2D eigenvalue weighted by Gasteiger charge is -2.22. The van der Waals surface area contributed by atoms with E-state index in [0.717, 1.165) is 13.0 Å². The fourth-order valence-electron chi connectivity index (χ4n) is 0.681. The lowest BCUT2D eigenvalue weighted by Crippen LogP contribution is -2.27. The number of rotatable bonds is 1. The van der Waals surface area contributed by atoms with Gasteiger partial charge in [-0.1, -0.05) is 0 Å². The second-order valence-corrected chi connectivity index (χ2v) is 3.99. The van der Waals surface area contributed by atoms with E-state index in [1.54, 1.807) is 7.05 Å². The normalized spacial score (nSPS) is 36.6. The third kappa shape index (κ3) is 1.76. The Kier molecular flexibility index (Phi) is 2.24. The molecule has 1 rings (SSSR count). The lowest BCUT2D eigenvalue weighted by atomic mass is 10.5. The summed E-state index contributed by atoms with van der Waals surface area (Å²) < 4.78 is 16.1. The van der Waals surface area contributed by atoms with E-state index in [1.165, 1.54) is 0 Å². The number of nitrogens with one attached hydrogen (secondary N) is 2. The van der Waals surface area contributed by atoms with E-state index in [9.17, 15) is 4.57 Å². The molecule has 1 atom stereocenters. The topological polar surface area (TPSA) is 50.4 Å². The zero-order valence-corrected chi connectivity index (χ0v) is 6.28. The standard InChI is InChI=1S/C4H11N2O2P/c1-5-9(7)6-3-2-4-8-9/h2-4H2,1H3,(H2,5,6,7). The number of hydrogen-bond donors (Lipinski definition) is 2. The first kappa shape index (κ1) is 7.22. The van der Waals surface area contributed by atoms with Crippen molar-refractivity contribution in [2.24, 2.45) is 0 Å². The van der Waals surface area contributed by atoms with E-state index in [1.807, 2.05) is 0 Å². The summed E-state index contributed by atoms with van der Waals surface area (Å²) >= 11 is 0. The summed E-state index contributed by atoms with van der Waals surface area (Å²) in [5.41, 5.74) is 0. The zero-order valence-electron chi connectivity index (χ0n) is 5.39. The Morgan fingerprint density at radius 2 is 2.56 bits per heavy atom. The van der Waals surface area contributed by atoms with E-state index in [4.69, 9.17) is 4.52 Å². The minimum absolute atomic E-state index is 0.588. The fourth-order valence-corrected chi connectivity index (χ4v) is 1.90. The Bertz CT molecular complexity index is 129. The van der Waals surface area contributed by atoms with Crippen molar-refractivity contribution in [2.75, 3.05) is 20.2 Å². The van der Waals surface area contributed by atoms with Crippen molar-refractivity contribution < 1.29 is 9.09 Å². The van der Waals surface area contributed by atoms with Gasteiger partial charge in [-0.25, -0.2) is 10.2 Å². The monoisotopic (exact) mass is 150 g/mol. The molecule has 1 aliphatic rings. The van der Waals surface area contributed by atoms with Crippen LogP contribution in [-0.4, -0.2) is 20.2 Å². The van der Waals surface area contributed by atoms with Gasteiger partial charge in [0.05, 0.1) is 6.61 Å². The fraction of sp³-hybridized carbons (Fsp3) is 1.00. The summed E-state index contributed by atoms with van der Waals surface area (Å²) in [4.78, 5) is 0. The van der Waals surface area contributed by atoms with E-state index >= 15 is 0 Å². The Labute approximate surface area is 54.5 Å². The van der Waals surface area contributed by atoms with Crippen LogP contribution in [-0.2, 0) is 9.09 Å². The minimum atomic E-state index is -2.59. The largest absolute Gasteiger partial charge is 0.340 e. The summed E-state index contributed by atoms with van der Waals surface area (Å²) in [5.74, 6) is 0. The summed E-state index contributed by atoms with van der Waals surface area (Å²) in [6, 6.07) is 0. The molecule has 1 unspecified atom stereocenters. The summed E-state index contributed by atoms with van der Waals surface area (Å²) in [5, 5.41) is 5.37. The number of hydrogen-bond acceptors (Lipinski definition) is 2. The van der Waals surface area contributed by atoms with Crippen LogP contribution >= 0.6 is 7.67 Å². The van der Waals surface area contributed by atoms with Gasteiger partial charge in [-0.3, -0.25) is 4.57 Å². The molecule has 1 aliphatic heterocycles. The average Bonchev–Trinajstić information content (AvgIpc) is 1.90. The maximum absolute atomic E-state index is 11.2. The highest BCUT2D eigenvalue weighted by molar-refractivity contribution is 7.54. The third-order valence-electron chi connectivity index (χ3n) is 1.21. The molecule has 54 valence electrons. The first-order chi connectivity index (χ1) is 4.27. The molecule has 0 bridgehead atoms.